The molecular weight excluding hydrogens is 248 g/mol. The van der Waals surface area contributed by atoms with E-state index in [1.807, 2.05) is 12.1 Å². The lowest BCUT2D eigenvalue weighted by Crippen LogP contribution is -2.41. The van der Waals surface area contributed by atoms with E-state index >= 15 is 0 Å². The van der Waals surface area contributed by atoms with Crippen LogP contribution in [0.3, 0.4) is 0 Å². The Bertz CT molecular complexity index is 487. The zero-order valence-corrected chi connectivity index (χ0v) is 11.7. The Morgan fingerprint density at radius 2 is 2.00 bits per heavy atom. The number of nitrogens with zero attached hydrogens (tertiary/aromatic N) is 1. The number of pyridine rings is 1. The predicted molar refractivity (Wildman–Crippen MR) is 72.1 cm³/mol. The van der Waals surface area contributed by atoms with Gasteiger partial charge in [0.05, 0.1) is 5.25 Å². The van der Waals surface area contributed by atoms with Crippen molar-refractivity contribution in [1.82, 2.24) is 10.3 Å². The molecule has 1 N–H and O–H groups in total. The van der Waals surface area contributed by atoms with E-state index in [0.29, 0.717) is 0 Å². The summed E-state index contributed by atoms with van der Waals surface area (Å²) < 4.78 is 23.4. The number of aromatic nitrogens is 1. The molecule has 2 rings (SSSR count). The van der Waals surface area contributed by atoms with Crippen molar-refractivity contribution < 1.29 is 8.42 Å². The Hall–Kier alpha value is -0.940. The van der Waals surface area contributed by atoms with E-state index in [1.165, 1.54) is 6.26 Å². The number of sulfone groups is 1. The van der Waals surface area contributed by atoms with E-state index < -0.39 is 9.84 Å². The summed E-state index contributed by atoms with van der Waals surface area (Å²) in [5, 5.41) is 3.21. The first-order valence-electron chi connectivity index (χ1n) is 6.33. The van der Waals surface area contributed by atoms with Gasteiger partial charge in [0.25, 0.3) is 0 Å². The highest BCUT2D eigenvalue weighted by atomic mass is 32.2. The van der Waals surface area contributed by atoms with Gasteiger partial charge in [0.15, 0.2) is 9.84 Å². The number of hydrogen-bond acceptors (Lipinski definition) is 4. The zero-order chi connectivity index (χ0) is 13.2. The molecule has 1 aromatic heterocycles. The molecular formula is C13H20N2O2S. The lowest BCUT2D eigenvalue weighted by atomic mass is 10.1. The van der Waals surface area contributed by atoms with E-state index in [2.05, 4.69) is 17.2 Å². The van der Waals surface area contributed by atoms with Gasteiger partial charge in [-0.2, -0.15) is 0 Å². The summed E-state index contributed by atoms with van der Waals surface area (Å²) >= 11 is 0. The molecule has 3 atom stereocenters. The van der Waals surface area contributed by atoms with Crippen LogP contribution < -0.4 is 5.32 Å². The number of hydrogen-bond donors (Lipinski definition) is 1. The van der Waals surface area contributed by atoms with E-state index in [-0.39, 0.29) is 17.3 Å². The first kappa shape index (κ1) is 13.5. The van der Waals surface area contributed by atoms with Gasteiger partial charge in [-0.25, -0.2) is 8.42 Å². The molecule has 1 heterocycles. The predicted octanol–water partition coefficient (Wildman–Crippen LogP) is 1.70. The second-order valence-electron chi connectivity index (χ2n) is 5.07. The molecule has 0 saturated heterocycles. The molecule has 1 aliphatic rings. The summed E-state index contributed by atoms with van der Waals surface area (Å²) in [5.74, 6) is 0. The fraction of sp³-hybridized carbons (Fsp3) is 0.615. The smallest absolute Gasteiger partial charge is 0.151 e. The highest BCUT2D eigenvalue weighted by Crippen LogP contribution is 2.27. The third kappa shape index (κ3) is 3.09. The Morgan fingerprint density at radius 1 is 1.33 bits per heavy atom. The van der Waals surface area contributed by atoms with Crippen molar-refractivity contribution >= 4 is 9.84 Å². The molecule has 3 unspecified atom stereocenters. The second kappa shape index (κ2) is 5.36. The molecule has 0 aromatic carbocycles. The van der Waals surface area contributed by atoms with Crippen molar-refractivity contribution in [2.45, 2.75) is 43.5 Å². The highest BCUT2D eigenvalue weighted by Gasteiger charge is 2.35. The SMILES string of the molecule is CC(NC1CCCC1S(C)(=O)=O)c1ccncc1. The van der Waals surface area contributed by atoms with Gasteiger partial charge in [-0.05, 0) is 37.5 Å². The summed E-state index contributed by atoms with van der Waals surface area (Å²) in [7, 11) is -2.95. The molecule has 4 nitrogen and oxygen atoms in total. The van der Waals surface area contributed by atoms with E-state index in [9.17, 15) is 8.42 Å². The van der Waals surface area contributed by atoms with Crippen molar-refractivity contribution in [3.05, 3.63) is 30.1 Å². The molecule has 100 valence electrons. The molecule has 0 spiro atoms. The minimum absolute atomic E-state index is 0.0724. The van der Waals surface area contributed by atoms with Crippen LogP contribution in [-0.4, -0.2) is 30.9 Å². The maximum absolute atomic E-state index is 11.7. The lowest BCUT2D eigenvalue weighted by molar-refractivity contribution is 0.455. The van der Waals surface area contributed by atoms with Crippen LogP contribution in [-0.2, 0) is 9.84 Å². The molecule has 5 heteroatoms. The van der Waals surface area contributed by atoms with Crippen LogP contribution in [0.15, 0.2) is 24.5 Å². The largest absolute Gasteiger partial charge is 0.306 e. The van der Waals surface area contributed by atoms with Gasteiger partial charge in [-0.15, -0.1) is 0 Å². The zero-order valence-electron chi connectivity index (χ0n) is 10.8. The molecule has 1 fully saturated rings. The first-order valence-corrected chi connectivity index (χ1v) is 8.29. The molecule has 0 radical (unpaired) electrons. The van der Waals surface area contributed by atoms with E-state index in [4.69, 9.17) is 0 Å². The van der Waals surface area contributed by atoms with Gasteiger partial charge >= 0.3 is 0 Å². The van der Waals surface area contributed by atoms with Gasteiger partial charge in [-0.1, -0.05) is 6.42 Å². The summed E-state index contributed by atoms with van der Waals surface area (Å²) in [5.41, 5.74) is 1.14. The molecule has 1 aromatic rings. The van der Waals surface area contributed by atoms with Gasteiger partial charge in [0.2, 0.25) is 0 Å². The average Bonchev–Trinajstić information content (AvgIpc) is 2.78. The van der Waals surface area contributed by atoms with Gasteiger partial charge in [0.1, 0.15) is 0 Å². The second-order valence-corrected chi connectivity index (χ2v) is 7.34. The van der Waals surface area contributed by atoms with Crippen molar-refractivity contribution in [1.29, 1.82) is 0 Å². The molecule has 0 amide bonds. The van der Waals surface area contributed by atoms with Gasteiger partial charge in [0, 0.05) is 30.7 Å². The van der Waals surface area contributed by atoms with Crippen molar-refractivity contribution in [3.63, 3.8) is 0 Å². The standard InChI is InChI=1S/C13H20N2O2S/c1-10(11-6-8-14-9-7-11)15-12-4-3-5-13(12)18(2,16)17/h6-10,12-13,15H,3-5H2,1-2H3. The van der Waals surface area contributed by atoms with Crippen molar-refractivity contribution in [3.8, 4) is 0 Å². The van der Waals surface area contributed by atoms with Crippen LogP contribution in [0.25, 0.3) is 0 Å². The van der Waals surface area contributed by atoms with Crippen LogP contribution in [0.4, 0.5) is 0 Å². The van der Waals surface area contributed by atoms with Crippen LogP contribution in [0, 0.1) is 0 Å². The molecule has 18 heavy (non-hydrogen) atoms. The Balaban J connectivity index is 2.05. The Labute approximate surface area is 109 Å². The van der Waals surface area contributed by atoms with Gasteiger partial charge < -0.3 is 5.32 Å². The van der Waals surface area contributed by atoms with Crippen LogP contribution >= 0.6 is 0 Å². The van der Waals surface area contributed by atoms with Gasteiger partial charge in [-0.3, -0.25) is 4.98 Å². The quantitative estimate of drug-likeness (QED) is 0.903. The van der Waals surface area contributed by atoms with Crippen LogP contribution in [0.1, 0.15) is 37.8 Å². The van der Waals surface area contributed by atoms with E-state index in [1.54, 1.807) is 12.4 Å². The van der Waals surface area contributed by atoms with E-state index in [0.717, 1.165) is 24.8 Å². The Morgan fingerprint density at radius 3 is 2.61 bits per heavy atom. The maximum atomic E-state index is 11.7. The number of rotatable bonds is 4. The molecule has 1 saturated carbocycles. The molecule has 0 bridgehead atoms. The summed E-state index contributed by atoms with van der Waals surface area (Å²) in [6.45, 7) is 2.06. The third-order valence-electron chi connectivity index (χ3n) is 3.67. The topological polar surface area (TPSA) is 59.1 Å². The molecule has 0 aliphatic heterocycles. The fourth-order valence-electron chi connectivity index (χ4n) is 2.70. The summed E-state index contributed by atoms with van der Waals surface area (Å²) in [4.78, 5) is 3.99. The van der Waals surface area contributed by atoms with Crippen LogP contribution in [0.2, 0.25) is 0 Å². The maximum Gasteiger partial charge on any atom is 0.151 e. The summed E-state index contributed by atoms with van der Waals surface area (Å²) in [6.07, 6.45) is 7.56. The fourth-order valence-corrected chi connectivity index (χ4v) is 4.10. The van der Waals surface area contributed by atoms with Crippen molar-refractivity contribution in [2.24, 2.45) is 0 Å². The first-order chi connectivity index (χ1) is 8.48. The minimum Gasteiger partial charge on any atom is -0.306 e. The lowest BCUT2D eigenvalue weighted by Gasteiger charge is -2.24. The highest BCUT2D eigenvalue weighted by molar-refractivity contribution is 7.91. The van der Waals surface area contributed by atoms with Crippen molar-refractivity contribution in [2.75, 3.05) is 6.26 Å². The monoisotopic (exact) mass is 268 g/mol. The average molecular weight is 268 g/mol. The number of nitrogens with one attached hydrogen (secondary N) is 1. The van der Waals surface area contributed by atoms with Crippen LogP contribution in [0.5, 0.6) is 0 Å². The third-order valence-corrected chi connectivity index (χ3v) is 5.34. The minimum atomic E-state index is -2.95. The molecule has 1 aliphatic carbocycles. The normalized spacial score (nSPS) is 26.1. The summed E-state index contributed by atoms with van der Waals surface area (Å²) in [6, 6.07) is 4.15. The Kier molecular flexibility index (Phi) is 4.02.